The number of hydrogen-bond donors (Lipinski definition) is 0. The fourth-order valence-corrected chi connectivity index (χ4v) is 7.42. The minimum absolute atomic E-state index is 0.234. The minimum atomic E-state index is 0.234. The predicted octanol–water partition coefficient (Wildman–Crippen LogP) is 10.7. The van der Waals surface area contributed by atoms with E-state index in [0.29, 0.717) is 11.8 Å². The highest BCUT2D eigenvalue weighted by Crippen LogP contribution is 2.53. The van der Waals surface area contributed by atoms with Crippen LogP contribution in [0.4, 0.5) is 0 Å². The Kier molecular flexibility index (Phi) is 5.52. The van der Waals surface area contributed by atoms with Gasteiger partial charge in [-0.2, -0.15) is 0 Å². The summed E-state index contributed by atoms with van der Waals surface area (Å²) in [5.41, 5.74) is 2.93. The molecule has 0 amide bonds. The first-order valence-electron chi connectivity index (χ1n) is 14.4. The van der Waals surface area contributed by atoms with Crippen LogP contribution in [0, 0.1) is 11.8 Å². The molecule has 0 saturated carbocycles. The highest BCUT2D eigenvalue weighted by atomic mass is 14.4. The second-order valence-electron chi connectivity index (χ2n) is 11.2. The second-order valence-corrected chi connectivity index (χ2v) is 11.2. The van der Waals surface area contributed by atoms with Crippen LogP contribution in [0.1, 0.15) is 23.0 Å². The lowest BCUT2D eigenvalue weighted by atomic mass is 9.66. The highest BCUT2D eigenvalue weighted by molar-refractivity contribution is 6.05. The Labute approximate surface area is 235 Å². The molecule has 0 N–H and O–H groups in total. The Morgan fingerprint density at radius 2 is 0.625 bits per heavy atom. The Morgan fingerprint density at radius 1 is 0.350 bits per heavy atom. The van der Waals surface area contributed by atoms with Gasteiger partial charge in [0.2, 0.25) is 0 Å². The molecule has 0 fully saturated rings. The van der Waals surface area contributed by atoms with E-state index in [0.717, 1.165) is 0 Å². The summed E-state index contributed by atoms with van der Waals surface area (Å²) in [5, 5.41) is 10.7. The van der Waals surface area contributed by atoms with Gasteiger partial charge in [-0.25, -0.2) is 0 Å². The molecule has 0 radical (unpaired) electrons. The molecule has 0 heteroatoms. The number of benzene rings is 6. The smallest absolute Gasteiger partial charge is 0.00282 e. The number of allylic oxidation sites excluding steroid dienone is 8. The number of fused-ring (bicyclic) bond motifs is 4. The van der Waals surface area contributed by atoms with Crippen LogP contribution in [0.3, 0.4) is 0 Å². The first kappa shape index (κ1) is 23.2. The first-order valence-corrected chi connectivity index (χ1v) is 14.4. The van der Waals surface area contributed by atoms with Crippen molar-refractivity contribution in [1.29, 1.82) is 0 Å². The van der Waals surface area contributed by atoms with Gasteiger partial charge in [-0.15, -0.1) is 0 Å². The van der Waals surface area contributed by atoms with Crippen molar-refractivity contribution in [3.05, 3.63) is 169 Å². The zero-order valence-electron chi connectivity index (χ0n) is 22.3. The van der Waals surface area contributed by atoms with Crippen LogP contribution in [0.25, 0.3) is 43.1 Å². The maximum atomic E-state index is 2.42. The van der Waals surface area contributed by atoms with Gasteiger partial charge in [-0.05, 0) is 66.3 Å². The average molecular weight is 511 g/mol. The summed E-state index contributed by atoms with van der Waals surface area (Å²) < 4.78 is 0. The van der Waals surface area contributed by atoms with Gasteiger partial charge in [0.1, 0.15) is 0 Å². The monoisotopic (exact) mass is 510 g/mol. The van der Waals surface area contributed by atoms with E-state index in [-0.39, 0.29) is 11.8 Å². The molecule has 0 spiro atoms. The molecule has 0 unspecified atom stereocenters. The lowest BCUT2D eigenvalue weighted by molar-refractivity contribution is 0.446. The molecule has 2 aliphatic carbocycles. The lowest BCUT2D eigenvalue weighted by Gasteiger charge is -2.37. The molecule has 190 valence electrons. The largest absolute Gasteiger partial charge is 0.0770 e. The van der Waals surface area contributed by atoms with Gasteiger partial charge in [-0.1, -0.05) is 146 Å². The maximum Gasteiger partial charge on any atom is 0.00282 e. The quantitative estimate of drug-likeness (QED) is 0.202. The minimum Gasteiger partial charge on any atom is -0.0770 e. The van der Waals surface area contributed by atoms with Gasteiger partial charge >= 0.3 is 0 Å². The van der Waals surface area contributed by atoms with Crippen molar-refractivity contribution in [3.8, 4) is 0 Å². The van der Waals surface area contributed by atoms with Gasteiger partial charge in [0, 0.05) is 23.7 Å². The molecule has 6 aromatic rings. The van der Waals surface area contributed by atoms with Gasteiger partial charge < -0.3 is 0 Å². The van der Waals surface area contributed by atoms with Crippen molar-refractivity contribution in [2.24, 2.45) is 11.8 Å². The fourth-order valence-electron chi connectivity index (χ4n) is 7.42. The maximum absolute atomic E-state index is 2.42. The zero-order valence-corrected chi connectivity index (χ0v) is 22.3. The van der Waals surface area contributed by atoms with E-state index in [2.05, 4.69) is 158 Å². The van der Waals surface area contributed by atoms with Crippen LogP contribution in [-0.2, 0) is 0 Å². The molecule has 8 rings (SSSR count). The average Bonchev–Trinajstić information content (AvgIpc) is 3.73. The molecule has 6 aromatic carbocycles. The van der Waals surface area contributed by atoms with Gasteiger partial charge in [0.05, 0.1) is 0 Å². The molecule has 2 atom stereocenters. The van der Waals surface area contributed by atoms with E-state index in [1.807, 2.05) is 0 Å². The summed E-state index contributed by atoms with van der Waals surface area (Å²) in [6.45, 7) is 0. The van der Waals surface area contributed by atoms with Crippen molar-refractivity contribution in [1.82, 2.24) is 0 Å². The molecule has 0 aliphatic heterocycles. The molecule has 0 heterocycles. The Morgan fingerprint density at radius 3 is 0.925 bits per heavy atom. The van der Waals surface area contributed by atoms with E-state index in [1.165, 1.54) is 54.2 Å². The molecular formula is C40H30. The third kappa shape index (κ3) is 3.67. The van der Waals surface area contributed by atoms with Crippen LogP contribution in [0.15, 0.2) is 158 Å². The topological polar surface area (TPSA) is 0 Å². The summed E-state index contributed by atoms with van der Waals surface area (Å²) in [4.78, 5) is 0. The summed E-state index contributed by atoms with van der Waals surface area (Å²) in [6, 6.07) is 40.7. The Bertz CT molecular complexity index is 1750. The van der Waals surface area contributed by atoms with Crippen LogP contribution < -0.4 is 0 Å². The van der Waals surface area contributed by atoms with Gasteiger partial charge in [0.25, 0.3) is 0 Å². The SMILES string of the molecule is C1=CC([C@H](c2c3ccccc3cc3ccccc23)[C@@H](c2c3ccccc3cc3ccccc23)C2C=CC=C2)C=C1. The van der Waals surface area contributed by atoms with Crippen LogP contribution in [-0.4, -0.2) is 0 Å². The Hall–Kier alpha value is -4.68. The third-order valence-corrected chi connectivity index (χ3v) is 9.06. The third-order valence-electron chi connectivity index (χ3n) is 9.06. The first-order chi connectivity index (χ1) is 19.9. The number of rotatable bonds is 5. The van der Waals surface area contributed by atoms with Crippen molar-refractivity contribution in [2.75, 3.05) is 0 Å². The van der Waals surface area contributed by atoms with Crippen LogP contribution in [0.5, 0.6) is 0 Å². The molecule has 0 bridgehead atoms. The van der Waals surface area contributed by atoms with Gasteiger partial charge in [-0.3, -0.25) is 0 Å². The molecule has 0 nitrogen and oxygen atoms in total. The van der Waals surface area contributed by atoms with Crippen molar-refractivity contribution in [3.63, 3.8) is 0 Å². The zero-order chi connectivity index (χ0) is 26.5. The summed E-state index contributed by atoms with van der Waals surface area (Å²) >= 11 is 0. The van der Waals surface area contributed by atoms with Crippen molar-refractivity contribution >= 4 is 43.1 Å². The predicted molar refractivity (Wildman–Crippen MR) is 172 cm³/mol. The van der Waals surface area contributed by atoms with Gasteiger partial charge in [0.15, 0.2) is 0 Å². The lowest BCUT2D eigenvalue weighted by Crippen LogP contribution is -2.24. The van der Waals surface area contributed by atoms with E-state index >= 15 is 0 Å². The molecule has 2 aliphatic rings. The second kappa shape index (κ2) is 9.50. The summed E-state index contributed by atoms with van der Waals surface area (Å²) in [5.74, 6) is 1.05. The van der Waals surface area contributed by atoms with E-state index in [4.69, 9.17) is 0 Å². The van der Waals surface area contributed by atoms with E-state index in [9.17, 15) is 0 Å². The summed E-state index contributed by atoms with van der Waals surface area (Å²) in [7, 11) is 0. The van der Waals surface area contributed by atoms with Crippen molar-refractivity contribution in [2.45, 2.75) is 11.8 Å². The molecule has 40 heavy (non-hydrogen) atoms. The fraction of sp³-hybridized carbons (Fsp3) is 0.100. The highest BCUT2D eigenvalue weighted by Gasteiger charge is 2.38. The van der Waals surface area contributed by atoms with Crippen LogP contribution in [0.2, 0.25) is 0 Å². The normalized spacial score (nSPS) is 16.7. The van der Waals surface area contributed by atoms with E-state index < -0.39 is 0 Å². The van der Waals surface area contributed by atoms with Crippen molar-refractivity contribution < 1.29 is 0 Å². The summed E-state index contributed by atoms with van der Waals surface area (Å²) in [6.07, 6.45) is 18.6. The number of hydrogen-bond acceptors (Lipinski definition) is 0. The molecule has 0 aromatic heterocycles. The molecule has 0 saturated heterocycles. The Balaban J connectivity index is 1.53. The van der Waals surface area contributed by atoms with E-state index in [1.54, 1.807) is 0 Å². The standard InChI is InChI=1S/C40H30/c1-2-14-27(13-1)37(39-33-21-9-5-17-29(33)25-30-18-6-10-22-34(30)39)38(28-15-3-4-16-28)40-35-23-11-7-19-31(35)26-32-20-8-12-24-36(32)40/h1-28,37-38H/t37-,38-/m0/s1. The molecular weight excluding hydrogens is 480 g/mol. The van der Waals surface area contributed by atoms with Crippen LogP contribution >= 0.6 is 0 Å².